The maximum Gasteiger partial charge on any atom is 0.205 e. The second kappa shape index (κ2) is 15.5. The average Bonchev–Trinajstić information content (AvgIpc) is 3.86. The molecular weight excluding hydrogens is 649 g/mol. The van der Waals surface area contributed by atoms with Crippen molar-refractivity contribution in [3.8, 4) is 22.5 Å². The molecule has 1 aromatic heterocycles. The summed E-state index contributed by atoms with van der Waals surface area (Å²) >= 11 is 0. The van der Waals surface area contributed by atoms with Crippen LogP contribution < -0.4 is 0 Å². The van der Waals surface area contributed by atoms with Crippen LogP contribution in [0.1, 0.15) is 54.0 Å². The van der Waals surface area contributed by atoms with Crippen molar-refractivity contribution in [3.05, 3.63) is 210 Å². The molecule has 1 aliphatic heterocycles. The van der Waals surface area contributed by atoms with Crippen LogP contribution in [0.4, 0.5) is 0 Å². The molecule has 1 aliphatic rings. The van der Waals surface area contributed by atoms with Crippen LogP contribution in [0.3, 0.4) is 0 Å². The lowest BCUT2D eigenvalue weighted by Gasteiger charge is -2.44. The molecule has 0 radical (unpaired) electrons. The Labute approximate surface area is 312 Å². The second-order valence-corrected chi connectivity index (χ2v) is 13.7. The minimum atomic E-state index is -0.499. The normalized spacial score (nSPS) is 13.0. The molecule has 0 amide bonds. The number of hydrogen-bond donors (Lipinski definition) is 0. The van der Waals surface area contributed by atoms with E-state index in [-0.39, 0.29) is 0 Å². The summed E-state index contributed by atoms with van der Waals surface area (Å²) in [5.74, 6) is 0.627. The van der Waals surface area contributed by atoms with Crippen LogP contribution in [0.5, 0.6) is 0 Å². The molecule has 8 rings (SSSR count). The molecule has 53 heavy (non-hydrogen) atoms. The van der Waals surface area contributed by atoms with Crippen molar-refractivity contribution < 1.29 is 0 Å². The summed E-state index contributed by atoms with van der Waals surface area (Å²) in [4.78, 5) is 6.80. The van der Waals surface area contributed by atoms with Gasteiger partial charge in [-0.05, 0) is 57.0 Å². The van der Waals surface area contributed by atoms with E-state index in [1.54, 1.807) is 4.80 Å². The first-order chi connectivity index (χ1) is 26.2. The molecule has 6 heteroatoms. The Hall–Kier alpha value is -6.27. The van der Waals surface area contributed by atoms with E-state index in [0.29, 0.717) is 12.4 Å². The number of aromatic nitrogens is 4. The first-order valence-corrected chi connectivity index (χ1v) is 18.6. The van der Waals surface area contributed by atoms with Gasteiger partial charge in [0.1, 0.15) is 5.54 Å². The summed E-state index contributed by atoms with van der Waals surface area (Å²) in [6, 6.07) is 60.5. The van der Waals surface area contributed by atoms with E-state index < -0.39 is 5.54 Å². The maximum atomic E-state index is 4.75. The van der Waals surface area contributed by atoms with Gasteiger partial charge in [-0.1, -0.05) is 183 Å². The summed E-state index contributed by atoms with van der Waals surface area (Å²) in [5.41, 5.74) is 10.2. The van der Waals surface area contributed by atoms with Gasteiger partial charge in [-0.15, -0.1) is 10.2 Å². The number of unbranched alkanes of at least 4 members (excludes halogenated alkanes) is 1. The van der Waals surface area contributed by atoms with Crippen LogP contribution in [-0.4, -0.2) is 36.7 Å². The van der Waals surface area contributed by atoms with E-state index in [0.717, 1.165) is 54.7 Å². The van der Waals surface area contributed by atoms with Gasteiger partial charge in [-0.25, -0.2) is 0 Å². The summed E-state index contributed by atoms with van der Waals surface area (Å²) in [7, 11) is 0. The second-order valence-electron chi connectivity index (χ2n) is 13.7. The van der Waals surface area contributed by atoms with Crippen LogP contribution in [0.25, 0.3) is 22.5 Å². The molecule has 7 aromatic rings. The van der Waals surface area contributed by atoms with Gasteiger partial charge >= 0.3 is 0 Å². The summed E-state index contributed by atoms with van der Waals surface area (Å²) in [6.45, 7) is 4.44. The number of rotatable bonds is 13. The predicted molar refractivity (Wildman–Crippen MR) is 213 cm³/mol. The SMILES string of the molecule is CCCCC1=CN(C(c2ccccc2)(c2ccccc2)c2ccccc2)CN1Cc1ccc(-c2ccccc2-c2nnn(Cc3ccccc3)n2)cc1. The third-order valence-electron chi connectivity index (χ3n) is 10.3. The highest BCUT2D eigenvalue weighted by atomic mass is 15.6. The Balaban J connectivity index is 1.09. The molecule has 6 nitrogen and oxygen atoms in total. The van der Waals surface area contributed by atoms with Crippen LogP contribution in [-0.2, 0) is 18.6 Å². The summed E-state index contributed by atoms with van der Waals surface area (Å²) in [5, 5.41) is 13.6. The lowest BCUT2D eigenvalue weighted by Crippen LogP contribution is -2.46. The fourth-order valence-electron chi connectivity index (χ4n) is 7.65. The van der Waals surface area contributed by atoms with Crippen LogP contribution >= 0.6 is 0 Å². The molecule has 2 heterocycles. The smallest absolute Gasteiger partial charge is 0.205 e. The molecule has 0 fully saturated rings. The topological polar surface area (TPSA) is 50.1 Å². The monoisotopic (exact) mass is 692 g/mol. The first kappa shape index (κ1) is 33.9. The standard InChI is InChI=1S/C47H44N6/c1-2-3-26-43-35-52(47(40-20-10-5-11-21-40,41-22-12-6-13-23-41)42-24-14-7-15-25-42)36-51(43)33-38-29-31-39(32-30-38)44-27-16-17-28-45(44)46-48-50-53(49-46)34-37-18-8-4-9-19-37/h4-25,27-32,35H,2-3,26,33-34,36H2,1H3. The van der Waals surface area contributed by atoms with Crippen molar-refractivity contribution in [3.63, 3.8) is 0 Å². The van der Waals surface area contributed by atoms with Crippen LogP contribution in [0.15, 0.2) is 182 Å². The van der Waals surface area contributed by atoms with Gasteiger partial charge in [-0.3, -0.25) is 0 Å². The molecule has 6 aromatic carbocycles. The number of nitrogens with zero attached hydrogens (tertiary/aromatic N) is 6. The van der Waals surface area contributed by atoms with Gasteiger partial charge in [0.15, 0.2) is 0 Å². The van der Waals surface area contributed by atoms with Gasteiger partial charge in [-0.2, -0.15) is 4.80 Å². The third kappa shape index (κ3) is 7.01. The number of allylic oxidation sites excluding steroid dienone is 1. The number of hydrogen-bond acceptors (Lipinski definition) is 5. The van der Waals surface area contributed by atoms with Gasteiger partial charge < -0.3 is 9.80 Å². The van der Waals surface area contributed by atoms with Crippen LogP contribution in [0, 0.1) is 0 Å². The molecule has 0 bridgehead atoms. The quantitative estimate of drug-likeness (QED) is 0.113. The van der Waals surface area contributed by atoms with Crippen molar-refractivity contribution >= 4 is 0 Å². The van der Waals surface area contributed by atoms with Gasteiger partial charge in [0.25, 0.3) is 0 Å². The zero-order valence-corrected chi connectivity index (χ0v) is 30.2. The largest absolute Gasteiger partial charge is 0.352 e. The average molecular weight is 693 g/mol. The highest BCUT2D eigenvalue weighted by Crippen LogP contribution is 2.45. The van der Waals surface area contributed by atoms with Gasteiger partial charge in [0.2, 0.25) is 5.82 Å². The molecule has 0 N–H and O–H groups in total. The van der Waals surface area contributed by atoms with Crippen molar-refractivity contribution in [1.29, 1.82) is 0 Å². The van der Waals surface area contributed by atoms with E-state index in [2.05, 4.69) is 179 Å². The lowest BCUT2D eigenvalue weighted by molar-refractivity contribution is 0.170. The molecule has 0 saturated heterocycles. The Morgan fingerprint density at radius 3 is 1.68 bits per heavy atom. The molecule has 0 spiro atoms. The van der Waals surface area contributed by atoms with Gasteiger partial charge in [0, 0.05) is 24.0 Å². The van der Waals surface area contributed by atoms with E-state index in [1.165, 1.54) is 28.0 Å². The number of tetrazole rings is 1. The van der Waals surface area contributed by atoms with E-state index in [4.69, 9.17) is 5.10 Å². The van der Waals surface area contributed by atoms with Crippen molar-refractivity contribution in [2.75, 3.05) is 6.67 Å². The predicted octanol–water partition coefficient (Wildman–Crippen LogP) is 10.2. The summed E-state index contributed by atoms with van der Waals surface area (Å²) < 4.78 is 0. The van der Waals surface area contributed by atoms with E-state index in [1.807, 2.05) is 24.3 Å². The van der Waals surface area contributed by atoms with Crippen molar-refractivity contribution in [2.45, 2.75) is 44.8 Å². The van der Waals surface area contributed by atoms with E-state index >= 15 is 0 Å². The zero-order valence-electron chi connectivity index (χ0n) is 30.2. The fourth-order valence-corrected chi connectivity index (χ4v) is 7.65. The molecule has 0 atom stereocenters. The third-order valence-corrected chi connectivity index (χ3v) is 10.3. The molecular formula is C47H44N6. The Kier molecular flexibility index (Phi) is 9.93. The van der Waals surface area contributed by atoms with Crippen LogP contribution in [0.2, 0.25) is 0 Å². The molecule has 0 unspecified atom stereocenters. The Morgan fingerprint density at radius 2 is 1.09 bits per heavy atom. The highest BCUT2D eigenvalue weighted by molar-refractivity contribution is 5.80. The number of benzene rings is 6. The van der Waals surface area contributed by atoms with Crippen molar-refractivity contribution in [1.82, 2.24) is 30.0 Å². The molecule has 0 saturated carbocycles. The minimum Gasteiger partial charge on any atom is -0.352 e. The molecule has 0 aliphatic carbocycles. The Bertz CT molecular complexity index is 2150. The van der Waals surface area contributed by atoms with Gasteiger partial charge in [0.05, 0.1) is 13.2 Å². The summed E-state index contributed by atoms with van der Waals surface area (Å²) in [6.07, 6.45) is 5.76. The maximum absolute atomic E-state index is 4.75. The van der Waals surface area contributed by atoms with E-state index in [9.17, 15) is 0 Å². The fraction of sp³-hybridized carbons (Fsp3) is 0.170. The first-order valence-electron chi connectivity index (χ1n) is 18.6. The zero-order chi connectivity index (χ0) is 35.9. The molecule has 262 valence electrons. The Morgan fingerprint density at radius 1 is 0.566 bits per heavy atom. The lowest BCUT2D eigenvalue weighted by atomic mass is 9.76. The highest BCUT2D eigenvalue weighted by Gasteiger charge is 2.43. The minimum absolute atomic E-state index is 0.499. The van der Waals surface area contributed by atoms with Crippen molar-refractivity contribution in [2.24, 2.45) is 0 Å².